The maximum absolute atomic E-state index is 12.9. The Hall–Kier alpha value is -0.290. The molecular formula is C14H25F3N2. The first-order chi connectivity index (χ1) is 8.98. The standard InChI is InChI=1S/C14H25F3N2/c1-11(12-5-3-2-4-6-12)19-8-7-18-9-13(10-19)14(15,16)17/h11-13,18H,2-10H2,1H3. The van der Waals surface area contributed by atoms with Crippen LogP contribution in [0.15, 0.2) is 0 Å². The molecule has 5 heteroatoms. The van der Waals surface area contributed by atoms with Crippen LogP contribution in [0.4, 0.5) is 13.2 Å². The summed E-state index contributed by atoms with van der Waals surface area (Å²) in [5, 5.41) is 2.93. The molecule has 0 aromatic rings. The van der Waals surface area contributed by atoms with E-state index in [1.807, 2.05) is 0 Å². The van der Waals surface area contributed by atoms with Crippen LogP contribution in [0.2, 0.25) is 0 Å². The maximum Gasteiger partial charge on any atom is 0.394 e. The highest BCUT2D eigenvalue weighted by Crippen LogP contribution is 2.32. The number of rotatable bonds is 2. The highest BCUT2D eigenvalue weighted by Gasteiger charge is 2.42. The topological polar surface area (TPSA) is 15.3 Å². The average molecular weight is 278 g/mol. The summed E-state index contributed by atoms with van der Waals surface area (Å²) in [6, 6.07) is 0.282. The second kappa shape index (κ2) is 6.44. The van der Waals surface area contributed by atoms with Gasteiger partial charge in [0.2, 0.25) is 0 Å². The monoisotopic (exact) mass is 278 g/mol. The lowest BCUT2D eigenvalue weighted by Gasteiger charge is -2.37. The highest BCUT2D eigenvalue weighted by atomic mass is 19.4. The Bertz CT molecular complexity index is 274. The second-order valence-electron chi connectivity index (χ2n) is 6.08. The predicted molar refractivity (Wildman–Crippen MR) is 70.0 cm³/mol. The van der Waals surface area contributed by atoms with Gasteiger partial charge in [-0.2, -0.15) is 13.2 Å². The molecule has 2 nitrogen and oxygen atoms in total. The number of hydrogen-bond donors (Lipinski definition) is 1. The van der Waals surface area contributed by atoms with Crippen molar-refractivity contribution in [3.8, 4) is 0 Å². The summed E-state index contributed by atoms with van der Waals surface area (Å²) in [6.45, 7) is 3.76. The van der Waals surface area contributed by atoms with E-state index in [2.05, 4.69) is 17.1 Å². The predicted octanol–water partition coefficient (Wildman–Crippen LogP) is 3.04. The largest absolute Gasteiger partial charge is 0.394 e. The third-order valence-electron chi connectivity index (χ3n) is 4.79. The van der Waals surface area contributed by atoms with Crippen molar-refractivity contribution >= 4 is 0 Å². The van der Waals surface area contributed by atoms with Gasteiger partial charge in [-0.05, 0) is 25.7 Å². The van der Waals surface area contributed by atoms with Gasteiger partial charge in [0, 0.05) is 32.2 Å². The van der Waals surface area contributed by atoms with Crippen molar-refractivity contribution in [1.82, 2.24) is 10.2 Å². The zero-order valence-electron chi connectivity index (χ0n) is 11.7. The van der Waals surface area contributed by atoms with Crippen LogP contribution in [0.5, 0.6) is 0 Å². The molecule has 1 aliphatic carbocycles. The molecule has 0 aromatic heterocycles. The molecule has 0 aromatic carbocycles. The highest BCUT2D eigenvalue weighted by molar-refractivity contribution is 4.85. The molecule has 1 saturated carbocycles. The van der Waals surface area contributed by atoms with Crippen LogP contribution < -0.4 is 5.32 Å². The molecule has 0 radical (unpaired) electrons. The van der Waals surface area contributed by atoms with Gasteiger partial charge >= 0.3 is 6.18 Å². The van der Waals surface area contributed by atoms with Crippen molar-refractivity contribution in [1.29, 1.82) is 0 Å². The van der Waals surface area contributed by atoms with Gasteiger partial charge < -0.3 is 5.32 Å². The van der Waals surface area contributed by atoms with Crippen LogP contribution in [0.3, 0.4) is 0 Å². The molecule has 2 rings (SSSR count). The number of hydrogen-bond acceptors (Lipinski definition) is 2. The minimum atomic E-state index is -4.08. The normalized spacial score (nSPS) is 30.0. The fraction of sp³-hybridized carbons (Fsp3) is 1.00. The van der Waals surface area contributed by atoms with Crippen LogP contribution >= 0.6 is 0 Å². The molecule has 1 heterocycles. The van der Waals surface area contributed by atoms with Crippen molar-refractivity contribution < 1.29 is 13.2 Å². The third-order valence-corrected chi connectivity index (χ3v) is 4.79. The lowest BCUT2D eigenvalue weighted by molar-refractivity contribution is -0.177. The Morgan fingerprint density at radius 1 is 1.16 bits per heavy atom. The molecule has 0 amide bonds. The Labute approximate surface area is 113 Å². The number of alkyl halides is 3. The molecule has 2 aliphatic rings. The fourth-order valence-corrected chi connectivity index (χ4v) is 3.44. The summed E-state index contributed by atoms with van der Waals surface area (Å²) in [4.78, 5) is 2.06. The van der Waals surface area contributed by atoms with Crippen LogP contribution in [0.1, 0.15) is 39.0 Å². The minimum absolute atomic E-state index is 0.0669. The molecule has 1 saturated heterocycles. The molecular weight excluding hydrogens is 253 g/mol. The van der Waals surface area contributed by atoms with Gasteiger partial charge in [0.1, 0.15) is 0 Å². The van der Waals surface area contributed by atoms with E-state index < -0.39 is 12.1 Å². The number of nitrogens with zero attached hydrogens (tertiary/aromatic N) is 1. The van der Waals surface area contributed by atoms with Crippen LogP contribution in [-0.2, 0) is 0 Å². The van der Waals surface area contributed by atoms with Gasteiger partial charge in [0.05, 0.1) is 5.92 Å². The van der Waals surface area contributed by atoms with Crippen molar-refractivity contribution in [2.24, 2.45) is 11.8 Å². The van der Waals surface area contributed by atoms with Gasteiger partial charge in [-0.15, -0.1) is 0 Å². The van der Waals surface area contributed by atoms with Crippen LogP contribution in [-0.4, -0.2) is 43.3 Å². The number of nitrogens with one attached hydrogen (secondary N) is 1. The Morgan fingerprint density at radius 2 is 1.84 bits per heavy atom. The quantitative estimate of drug-likeness (QED) is 0.835. The lowest BCUT2D eigenvalue weighted by Crippen LogP contribution is -2.45. The van der Waals surface area contributed by atoms with Crippen LogP contribution in [0, 0.1) is 11.8 Å². The van der Waals surface area contributed by atoms with E-state index in [4.69, 9.17) is 0 Å². The molecule has 1 N–H and O–H groups in total. The van der Waals surface area contributed by atoms with Gasteiger partial charge in [-0.25, -0.2) is 0 Å². The zero-order chi connectivity index (χ0) is 13.9. The second-order valence-corrected chi connectivity index (χ2v) is 6.08. The lowest BCUT2D eigenvalue weighted by atomic mass is 9.83. The summed E-state index contributed by atoms with van der Waals surface area (Å²) < 4.78 is 38.8. The zero-order valence-corrected chi connectivity index (χ0v) is 11.7. The summed E-state index contributed by atoms with van der Waals surface area (Å²) >= 11 is 0. The average Bonchev–Trinajstić information content (AvgIpc) is 2.64. The van der Waals surface area contributed by atoms with E-state index in [0.29, 0.717) is 12.5 Å². The first-order valence-electron chi connectivity index (χ1n) is 7.50. The summed E-state index contributed by atoms with van der Waals surface area (Å²) in [6.07, 6.45) is 2.05. The van der Waals surface area contributed by atoms with Crippen molar-refractivity contribution in [2.75, 3.05) is 26.2 Å². The SMILES string of the molecule is CC(C1CCCCC1)N1CCNCC(C(F)(F)F)C1. The molecule has 2 unspecified atom stereocenters. The molecule has 2 fully saturated rings. The molecule has 1 aliphatic heterocycles. The van der Waals surface area contributed by atoms with E-state index in [1.54, 1.807) is 0 Å². The molecule has 0 spiro atoms. The smallest absolute Gasteiger partial charge is 0.315 e. The first-order valence-corrected chi connectivity index (χ1v) is 7.50. The fourth-order valence-electron chi connectivity index (χ4n) is 3.44. The summed E-state index contributed by atoms with van der Waals surface area (Å²) in [5.74, 6) is -0.637. The van der Waals surface area contributed by atoms with E-state index >= 15 is 0 Å². The van der Waals surface area contributed by atoms with E-state index in [9.17, 15) is 13.2 Å². The molecule has 0 bridgehead atoms. The van der Waals surface area contributed by atoms with Crippen molar-refractivity contribution in [3.05, 3.63) is 0 Å². The first kappa shape index (κ1) is 15.1. The molecule has 112 valence electrons. The van der Waals surface area contributed by atoms with Gasteiger partial charge in [0.15, 0.2) is 0 Å². The van der Waals surface area contributed by atoms with E-state index in [-0.39, 0.29) is 19.1 Å². The number of halogens is 3. The van der Waals surface area contributed by atoms with Gasteiger partial charge in [-0.1, -0.05) is 19.3 Å². The van der Waals surface area contributed by atoms with Crippen molar-refractivity contribution in [3.63, 3.8) is 0 Å². The Kier molecular flexibility index (Phi) is 5.12. The minimum Gasteiger partial charge on any atom is -0.315 e. The van der Waals surface area contributed by atoms with E-state index in [0.717, 1.165) is 6.54 Å². The molecule has 2 atom stereocenters. The maximum atomic E-state index is 12.9. The Morgan fingerprint density at radius 3 is 2.47 bits per heavy atom. The van der Waals surface area contributed by atoms with E-state index in [1.165, 1.54) is 32.1 Å². The summed E-state index contributed by atoms with van der Waals surface area (Å²) in [5.41, 5.74) is 0. The summed E-state index contributed by atoms with van der Waals surface area (Å²) in [7, 11) is 0. The van der Waals surface area contributed by atoms with Gasteiger partial charge in [0.25, 0.3) is 0 Å². The van der Waals surface area contributed by atoms with Crippen LogP contribution in [0.25, 0.3) is 0 Å². The van der Waals surface area contributed by atoms with Gasteiger partial charge in [-0.3, -0.25) is 4.90 Å². The Balaban J connectivity index is 1.96. The third kappa shape index (κ3) is 4.09. The molecule has 19 heavy (non-hydrogen) atoms. The van der Waals surface area contributed by atoms with Crippen molar-refractivity contribution in [2.45, 2.75) is 51.2 Å².